The third-order valence-electron chi connectivity index (χ3n) is 4.83. The van der Waals surface area contributed by atoms with E-state index in [0.717, 1.165) is 17.2 Å². The van der Waals surface area contributed by atoms with E-state index in [0.29, 0.717) is 57.6 Å². The van der Waals surface area contributed by atoms with Crippen molar-refractivity contribution < 1.29 is 13.7 Å². The van der Waals surface area contributed by atoms with Crippen molar-refractivity contribution in [2.45, 2.75) is 18.2 Å². The summed E-state index contributed by atoms with van der Waals surface area (Å²) in [4.78, 5) is 5.08. The molecule has 4 rings (SSSR count). The Morgan fingerprint density at radius 2 is 1.88 bits per heavy atom. The van der Waals surface area contributed by atoms with Gasteiger partial charge in [0.25, 0.3) is 0 Å². The van der Waals surface area contributed by atoms with Gasteiger partial charge >= 0.3 is 0 Å². The number of halogens is 1. The Balaban J connectivity index is 1.62. The van der Waals surface area contributed by atoms with E-state index in [1.54, 1.807) is 30.5 Å². The van der Waals surface area contributed by atoms with Crippen LogP contribution >= 0.6 is 12.0 Å². The van der Waals surface area contributed by atoms with Gasteiger partial charge in [0, 0.05) is 34.0 Å². The van der Waals surface area contributed by atoms with Gasteiger partial charge in [-0.15, -0.1) is 10.2 Å². The summed E-state index contributed by atoms with van der Waals surface area (Å²) in [6.45, 7) is 2.48. The molecule has 162 valence electrons. The van der Waals surface area contributed by atoms with Crippen molar-refractivity contribution >= 4 is 39.9 Å². The number of pyridine rings is 1. The average Bonchev–Trinajstić information content (AvgIpc) is 2.83. The Labute approximate surface area is 189 Å². The molecular weight excluding hydrogens is 427 g/mol. The van der Waals surface area contributed by atoms with Gasteiger partial charge in [-0.1, -0.05) is 31.2 Å². The monoisotopic (exact) mass is 448 g/mol. The van der Waals surface area contributed by atoms with E-state index >= 15 is 0 Å². The second-order valence-corrected chi connectivity index (χ2v) is 7.66. The number of rotatable bonds is 7. The lowest BCUT2D eigenvalue weighted by molar-refractivity contribution is 0.317. The van der Waals surface area contributed by atoms with Crippen molar-refractivity contribution in [1.29, 1.82) is 0 Å². The molecule has 0 spiro atoms. The molecule has 0 radical (unpaired) electrons. The largest absolute Gasteiger partial charge is 0.493 e. The first-order valence-electron chi connectivity index (χ1n) is 10.0. The lowest BCUT2D eigenvalue weighted by Crippen LogP contribution is -1.98. The van der Waals surface area contributed by atoms with Crippen LogP contribution in [-0.4, -0.2) is 16.1 Å². The molecule has 32 heavy (non-hydrogen) atoms. The molecule has 0 bridgehead atoms. The Hall–Kier alpha value is -3.49. The van der Waals surface area contributed by atoms with Gasteiger partial charge in [0.05, 0.1) is 24.2 Å². The predicted molar refractivity (Wildman–Crippen MR) is 126 cm³/mol. The molecule has 1 aromatic heterocycles. The summed E-state index contributed by atoms with van der Waals surface area (Å²) in [7, 11) is 0. The van der Waals surface area contributed by atoms with E-state index < -0.39 is 0 Å². The fraction of sp³-hybridized carbons (Fsp3) is 0.125. The lowest BCUT2D eigenvalue weighted by atomic mass is 10.1. The fourth-order valence-electron chi connectivity index (χ4n) is 3.26. The highest BCUT2D eigenvalue weighted by molar-refractivity contribution is 7.94. The van der Waals surface area contributed by atoms with Crippen LogP contribution < -0.4 is 10.5 Å². The number of nitrogens with two attached hydrogens (primary N) is 1. The molecule has 3 aromatic carbocycles. The zero-order chi connectivity index (χ0) is 22.5. The highest BCUT2D eigenvalue weighted by Gasteiger charge is 2.11. The van der Waals surface area contributed by atoms with Gasteiger partial charge in [-0.2, -0.15) is 0 Å². The number of nitrogen functional groups attached to an aromatic ring is 1. The SMILES string of the molecule is CCCOc1cc(F)ccc1-c1ccc(N=Nc2cc(SO)c3ccccc3c2N)cn1. The molecule has 0 aliphatic rings. The zero-order valence-electron chi connectivity index (χ0n) is 17.3. The van der Waals surface area contributed by atoms with Gasteiger partial charge in [-0.05, 0) is 42.1 Å². The summed E-state index contributed by atoms with van der Waals surface area (Å²) < 4.78 is 28.9. The van der Waals surface area contributed by atoms with E-state index in [-0.39, 0.29) is 5.82 Å². The van der Waals surface area contributed by atoms with Crippen LogP contribution in [0.2, 0.25) is 0 Å². The summed E-state index contributed by atoms with van der Waals surface area (Å²) in [6.07, 6.45) is 2.39. The highest BCUT2D eigenvalue weighted by Crippen LogP contribution is 2.38. The lowest BCUT2D eigenvalue weighted by Gasteiger charge is -2.11. The first kappa shape index (κ1) is 21.7. The molecule has 1 heterocycles. The molecule has 0 saturated heterocycles. The summed E-state index contributed by atoms with van der Waals surface area (Å²) >= 11 is 0.642. The number of ether oxygens (including phenoxy) is 1. The smallest absolute Gasteiger partial charge is 0.131 e. The van der Waals surface area contributed by atoms with Crippen LogP contribution in [0.25, 0.3) is 22.0 Å². The maximum Gasteiger partial charge on any atom is 0.131 e. The van der Waals surface area contributed by atoms with Crippen LogP contribution in [0.4, 0.5) is 21.5 Å². The maximum absolute atomic E-state index is 13.6. The molecule has 0 fully saturated rings. The van der Waals surface area contributed by atoms with Crippen LogP contribution in [0.5, 0.6) is 5.75 Å². The summed E-state index contributed by atoms with van der Waals surface area (Å²) in [5.41, 5.74) is 9.07. The Morgan fingerprint density at radius 1 is 1.06 bits per heavy atom. The van der Waals surface area contributed by atoms with Gasteiger partial charge in [-0.25, -0.2) is 4.39 Å². The molecule has 0 unspecified atom stereocenters. The molecule has 0 aliphatic heterocycles. The summed E-state index contributed by atoms with van der Waals surface area (Å²) in [5, 5.41) is 10.2. The molecule has 0 atom stereocenters. The van der Waals surface area contributed by atoms with Crippen LogP contribution in [0.15, 0.2) is 82.0 Å². The topological polar surface area (TPSA) is 93.1 Å². The minimum atomic E-state index is -0.362. The van der Waals surface area contributed by atoms with Gasteiger partial charge in [0.15, 0.2) is 0 Å². The molecule has 4 aromatic rings. The van der Waals surface area contributed by atoms with Gasteiger partial charge in [-0.3, -0.25) is 4.98 Å². The van der Waals surface area contributed by atoms with E-state index in [9.17, 15) is 8.94 Å². The normalized spacial score (nSPS) is 11.3. The molecule has 0 amide bonds. The molecule has 0 saturated carbocycles. The number of fused-ring (bicyclic) bond motifs is 1. The number of hydrogen-bond acceptors (Lipinski definition) is 7. The first-order chi connectivity index (χ1) is 15.6. The Kier molecular flexibility index (Phi) is 6.63. The Bertz CT molecular complexity index is 1280. The average molecular weight is 449 g/mol. The van der Waals surface area contributed by atoms with Crippen LogP contribution in [-0.2, 0) is 0 Å². The van der Waals surface area contributed by atoms with E-state index in [2.05, 4.69) is 15.2 Å². The van der Waals surface area contributed by atoms with E-state index in [1.807, 2.05) is 31.2 Å². The first-order valence-corrected chi connectivity index (χ1v) is 10.8. The minimum absolute atomic E-state index is 0.362. The molecule has 3 N–H and O–H groups in total. The van der Waals surface area contributed by atoms with Crippen molar-refractivity contribution in [3.63, 3.8) is 0 Å². The number of benzene rings is 3. The van der Waals surface area contributed by atoms with Crippen LogP contribution in [0.1, 0.15) is 13.3 Å². The van der Waals surface area contributed by atoms with Crippen molar-refractivity contribution in [1.82, 2.24) is 4.98 Å². The minimum Gasteiger partial charge on any atom is -0.493 e. The third-order valence-corrected chi connectivity index (χ3v) is 5.36. The maximum atomic E-state index is 13.6. The van der Waals surface area contributed by atoms with Crippen LogP contribution in [0, 0.1) is 5.82 Å². The van der Waals surface area contributed by atoms with E-state index in [1.165, 1.54) is 12.1 Å². The summed E-state index contributed by atoms with van der Waals surface area (Å²) in [5.74, 6) is 0.0883. The zero-order valence-corrected chi connectivity index (χ0v) is 18.1. The number of nitrogens with zero attached hydrogens (tertiary/aromatic N) is 3. The molecule has 0 aliphatic carbocycles. The molecular formula is C24H21FN4O2S. The fourth-order valence-corrected chi connectivity index (χ4v) is 3.70. The third kappa shape index (κ3) is 4.56. The number of azo groups is 1. The van der Waals surface area contributed by atoms with Crippen molar-refractivity contribution in [3.8, 4) is 17.0 Å². The van der Waals surface area contributed by atoms with Gasteiger partial charge < -0.3 is 15.0 Å². The number of aromatic nitrogens is 1. The molecule has 6 nitrogen and oxygen atoms in total. The second kappa shape index (κ2) is 9.76. The quantitative estimate of drug-likeness (QED) is 0.175. The second-order valence-electron chi connectivity index (χ2n) is 7.03. The van der Waals surface area contributed by atoms with E-state index in [4.69, 9.17) is 10.5 Å². The van der Waals surface area contributed by atoms with Crippen molar-refractivity contribution in [2.75, 3.05) is 12.3 Å². The molecule has 8 heteroatoms. The highest BCUT2D eigenvalue weighted by atomic mass is 32.2. The van der Waals surface area contributed by atoms with Crippen molar-refractivity contribution in [2.24, 2.45) is 10.2 Å². The number of anilines is 1. The van der Waals surface area contributed by atoms with Crippen molar-refractivity contribution in [3.05, 3.63) is 72.7 Å². The van der Waals surface area contributed by atoms with Gasteiger partial charge in [0.2, 0.25) is 0 Å². The predicted octanol–water partition coefficient (Wildman–Crippen LogP) is 7.39. The Morgan fingerprint density at radius 3 is 2.59 bits per heavy atom. The summed E-state index contributed by atoms with van der Waals surface area (Å²) in [6, 6.07) is 17.1. The van der Waals surface area contributed by atoms with Crippen LogP contribution in [0.3, 0.4) is 0 Å². The van der Waals surface area contributed by atoms with Gasteiger partial charge in [0.1, 0.15) is 22.9 Å². The standard InChI is InChI=1S/C24H21FN4O2S/c1-2-11-31-22-12-15(25)7-9-19(22)20-10-8-16(14-27-20)28-29-21-13-23(32-30)17-5-3-4-6-18(17)24(21)26/h3-10,12-14,30H,2,11,26H2,1H3. The number of hydrogen-bond donors (Lipinski definition) is 2.